The molecule has 0 aliphatic carbocycles. The topological polar surface area (TPSA) is 43.8 Å². The van der Waals surface area contributed by atoms with E-state index in [-0.39, 0.29) is 5.56 Å². The minimum atomic E-state index is -0.000877. The Hall–Kier alpha value is -3.34. The lowest BCUT2D eigenvalue weighted by Gasteiger charge is -2.10. The normalized spacial score (nSPS) is 11.9. The summed E-state index contributed by atoms with van der Waals surface area (Å²) in [4.78, 5) is 13.8. The van der Waals surface area contributed by atoms with Gasteiger partial charge in [-0.1, -0.05) is 44.4 Å². The van der Waals surface area contributed by atoms with E-state index >= 15 is 0 Å². The van der Waals surface area contributed by atoms with Gasteiger partial charge in [0.15, 0.2) is 22.5 Å². The molecule has 0 atom stereocenters. The summed E-state index contributed by atoms with van der Waals surface area (Å²) in [5.41, 5.74) is 3.96. The van der Waals surface area contributed by atoms with Crippen LogP contribution in [0.15, 0.2) is 47.3 Å². The summed E-state index contributed by atoms with van der Waals surface area (Å²) in [5.74, 6) is 1.26. The summed E-state index contributed by atoms with van der Waals surface area (Å²) in [6.45, 7) is 2.23. The molecule has 32 heavy (non-hydrogen) atoms. The second kappa shape index (κ2) is 7.97. The summed E-state index contributed by atoms with van der Waals surface area (Å²) < 4.78 is 14.9. The fourth-order valence-electron chi connectivity index (χ4n) is 5.10. The zero-order valence-electron chi connectivity index (χ0n) is 19.2. The Kier molecular flexibility index (Phi) is 5.12. The molecule has 5 rings (SSSR count). The fraction of sp³-hybridized carbons (Fsp3) is 0.333. The van der Waals surface area contributed by atoms with Gasteiger partial charge in [-0.05, 0) is 35.9 Å². The van der Waals surface area contributed by atoms with Gasteiger partial charge in [0, 0.05) is 17.5 Å². The van der Waals surface area contributed by atoms with E-state index in [9.17, 15) is 4.79 Å². The fourth-order valence-corrected chi connectivity index (χ4v) is 5.10. The highest BCUT2D eigenvalue weighted by Gasteiger charge is 2.27. The maximum atomic E-state index is 13.8. The second-order valence-electron chi connectivity index (χ2n) is 8.53. The average molecular weight is 430 g/mol. The van der Waals surface area contributed by atoms with Crippen LogP contribution < -0.4 is 19.6 Å². The summed E-state index contributed by atoms with van der Waals surface area (Å²) in [5, 5.41) is 4.10. The van der Waals surface area contributed by atoms with Crippen LogP contribution in [0.4, 0.5) is 0 Å². The van der Waals surface area contributed by atoms with Crippen molar-refractivity contribution in [3.63, 3.8) is 0 Å². The molecule has 0 spiro atoms. The summed E-state index contributed by atoms with van der Waals surface area (Å²) >= 11 is 0. The van der Waals surface area contributed by atoms with Gasteiger partial charge in [-0.2, -0.15) is 4.40 Å². The van der Waals surface area contributed by atoms with Crippen LogP contribution in [0.1, 0.15) is 38.2 Å². The Balaban J connectivity index is 1.86. The minimum Gasteiger partial charge on any atom is -0.493 e. The van der Waals surface area contributed by atoms with Crippen molar-refractivity contribution in [3.8, 4) is 11.5 Å². The smallest absolute Gasteiger partial charge is 0.347 e. The number of aryl methyl sites for hydroxylation is 2. The predicted octanol–water partition coefficient (Wildman–Crippen LogP) is 5.16. The van der Waals surface area contributed by atoms with Crippen LogP contribution in [-0.2, 0) is 13.5 Å². The highest BCUT2D eigenvalue weighted by Crippen LogP contribution is 2.35. The first kappa shape index (κ1) is 20.6. The first-order chi connectivity index (χ1) is 15.6. The Bertz CT molecular complexity index is 1520. The molecule has 0 radical (unpaired) electrons. The molecule has 2 aromatic heterocycles. The minimum absolute atomic E-state index is 0.000877. The number of hydrogen-bond acceptors (Lipinski definition) is 3. The van der Waals surface area contributed by atoms with Crippen LogP contribution in [0.2, 0.25) is 0 Å². The van der Waals surface area contributed by atoms with E-state index in [1.165, 1.54) is 36.6 Å². The Morgan fingerprint density at radius 1 is 0.906 bits per heavy atom. The zero-order chi connectivity index (χ0) is 22.4. The molecule has 164 valence electrons. The number of nitrogens with zero attached hydrogens (tertiary/aromatic N) is 2. The number of rotatable bonds is 7. The number of pyridine rings is 1. The van der Waals surface area contributed by atoms with E-state index in [2.05, 4.69) is 29.7 Å². The summed E-state index contributed by atoms with van der Waals surface area (Å²) in [6, 6.07) is 14.4. The lowest BCUT2D eigenvalue weighted by Crippen LogP contribution is -2.29. The molecule has 0 N–H and O–H groups in total. The first-order valence-corrected chi connectivity index (χ1v) is 11.4. The van der Waals surface area contributed by atoms with Crippen molar-refractivity contribution < 1.29 is 14.0 Å². The standard InChI is InChI=1S/C27H29N2O3/c1-5-6-7-8-10-17-13-14-19-25-18(17)11-9-12-20(25)27(30)29-22-16-24(32-4)23(31-3)15-21(22)28(2)26(19)29/h9,11-16H,5-8,10H2,1-4H3/q+1. The van der Waals surface area contributed by atoms with E-state index in [4.69, 9.17) is 9.47 Å². The largest absolute Gasteiger partial charge is 0.493 e. The van der Waals surface area contributed by atoms with Crippen LogP contribution in [0.3, 0.4) is 0 Å². The van der Waals surface area contributed by atoms with Gasteiger partial charge < -0.3 is 9.47 Å². The lowest BCUT2D eigenvalue weighted by molar-refractivity contribution is -0.617. The van der Waals surface area contributed by atoms with Gasteiger partial charge in [0.1, 0.15) is 0 Å². The monoisotopic (exact) mass is 429 g/mol. The molecule has 0 amide bonds. The molecule has 0 saturated carbocycles. The van der Waals surface area contributed by atoms with Crippen molar-refractivity contribution >= 4 is 38.2 Å². The number of fused-ring (bicyclic) bond motifs is 4. The molecular formula is C27H29N2O3+. The predicted molar refractivity (Wildman–Crippen MR) is 129 cm³/mol. The van der Waals surface area contributed by atoms with Gasteiger partial charge >= 0.3 is 5.56 Å². The number of ether oxygens (including phenoxy) is 2. The Morgan fingerprint density at radius 2 is 1.66 bits per heavy atom. The number of benzene rings is 3. The lowest BCUT2D eigenvalue weighted by atomic mass is 9.95. The third-order valence-corrected chi connectivity index (χ3v) is 6.72. The van der Waals surface area contributed by atoms with Crippen LogP contribution in [0.5, 0.6) is 11.5 Å². The third kappa shape index (κ3) is 2.91. The van der Waals surface area contributed by atoms with Gasteiger partial charge in [0.2, 0.25) is 0 Å². The van der Waals surface area contributed by atoms with Crippen LogP contribution in [-0.4, -0.2) is 18.6 Å². The molecule has 5 aromatic rings. The molecule has 0 saturated heterocycles. The van der Waals surface area contributed by atoms with Gasteiger partial charge in [0.25, 0.3) is 5.65 Å². The van der Waals surface area contributed by atoms with E-state index < -0.39 is 0 Å². The highest BCUT2D eigenvalue weighted by atomic mass is 16.5. The quantitative estimate of drug-likeness (QED) is 0.265. The Labute approximate surface area is 187 Å². The van der Waals surface area contributed by atoms with Crippen molar-refractivity contribution in [2.24, 2.45) is 7.05 Å². The maximum Gasteiger partial charge on any atom is 0.347 e. The van der Waals surface area contributed by atoms with Crippen molar-refractivity contribution in [1.29, 1.82) is 0 Å². The van der Waals surface area contributed by atoms with Gasteiger partial charge in [-0.3, -0.25) is 0 Å². The number of hydrogen-bond donors (Lipinski definition) is 0. The number of aromatic nitrogens is 2. The average Bonchev–Trinajstić information content (AvgIpc) is 3.11. The maximum absolute atomic E-state index is 13.8. The zero-order valence-corrected chi connectivity index (χ0v) is 19.2. The highest BCUT2D eigenvalue weighted by molar-refractivity contribution is 6.15. The molecule has 0 aliphatic rings. The summed E-state index contributed by atoms with van der Waals surface area (Å²) in [6.07, 6.45) is 5.95. The van der Waals surface area contributed by atoms with Crippen LogP contribution >= 0.6 is 0 Å². The van der Waals surface area contributed by atoms with Crippen LogP contribution in [0.25, 0.3) is 38.2 Å². The molecule has 0 aliphatic heterocycles. The first-order valence-electron chi connectivity index (χ1n) is 11.4. The van der Waals surface area contributed by atoms with Crippen LogP contribution in [0, 0.1) is 0 Å². The number of methoxy groups -OCH3 is 2. The molecule has 5 nitrogen and oxygen atoms in total. The van der Waals surface area contributed by atoms with E-state index in [0.29, 0.717) is 11.5 Å². The van der Waals surface area contributed by atoms with Gasteiger partial charge in [-0.25, -0.2) is 9.36 Å². The molecule has 2 heterocycles. The molecule has 3 aromatic carbocycles. The van der Waals surface area contributed by atoms with E-state index in [1.54, 1.807) is 14.2 Å². The summed E-state index contributed by atoms with van der Waals surface area (Å²) in [7, 11) is 5.25. The second-order valence-corrected chi connectivity index (χ2v) is 8.53. The van der Waals surface area contributed by atoms with E-state index in [0.717, 1.165) is 39.3 Å². The number of imidazole rings is 1. The van der Waals surface area contributed by atoms with Crippen molar-refractivity contribution in [3.05, 3.63) is 58.4 Å². The molecule has 0 bridgehead atoms. The molecule has 0 unspecified atom stereocenters. The molecular weight excluding hydrogens is 400 g/mol. The van der Waals surface area contributed by atoms with Gasteiger partial charge in [-0.15, -0.1) is 0 Å². The molecule has 5 heteroatoms. The van der Waals surface area contributed by atoms with Crippen molar-refractivity contribution in [2.45, 2.75) is 39.0 Å². The molecule has 0 fully saturated rings. The van der Waals surface area contributed by atoms with Crippen molar-refractivity contribution in [2.75, 3.05) is 14.2 Å². The SMILES string of the molecule is CCCCCCc1ccc2c3c1cccc3c(=O)n1c3cc(OC)c(OC)cc3[n+](C)c21. The van der Waals surface area contributed by atoms with E-state index in [1.807, 2.05) is 35.7 Å². The third-order valence-electron chi connectivity index (χ3n) is 6.72. The van der Waals surface area contributed by atoms with Gasteiger partial charge in [0.05, 0.1) is 32.0 Å². The Morgan fingerprint density at radius 3 is 2.41 bits per heavy atom. The van der Waals surface area contributed by atoms with Crippen molar-refractivity contribution in [1.82, 2.24) is 4.40 Å². The number of unbranched alkanes of at least 4 members (excludes halogenated alkanes) is 3.